The maximum Gasteiger partial charge on any atom is 0.262 e. The number of methoxy groups -OCH3 is 1. The number of sulfonamides is 2. The fourth-order valence-corrected chi connectivity index (χ4v) is 5.00. The third-order valence-corrected chi connectivity index (χ3v) is 7.24. The van der Waals surface area contributed by atoms with Crippen LogP contribution >= 0.6 is 0 Å². The highest BCUT2D eigenvalue weighted by Crippen LogP contribution is 2.30. The zero-order valence-corrected chi connectivity index (χ0v) is 16.5. The molecule has 0 aromatic heterocycles. The second-order valence-electron chi connectivity index (χ2n) is 5.37. The molecule has 2 rings (SSSR count). The second-order valence-corrected chi connectivity index (χ2v) is 8.99. The first kappa shape index (κ1) is 20.2. The largest absolute Gasteiger partial charge is 0.495 e. The molecule has 1 N–H and O–H groups in total. The lowest BCUT2D eigenvalue weighted by atomic mass is 10.3. The molecule has 0 atom stereocenters. The van der Waals surface area contributed by atoms with Crippen molar-refractivity contribution < 1.29 is 21.6 Å². The minimum atomic E-state index is -3.81. The number of nitrogens with one attached hydrogen (secondary N) is 1. The van der Waals surface area contributed by atoms with E-state index in [1.54, 1.807) is 32.0 Å². The molecule has 0 radical (unpaired) electrons. The second kappa shape index (κ2) is 8.07. The van der Waals surface area contributed by atoms with Crippen LogP contribution in [0.15, 0.2) is 58.3 Å². The van der Waals surface area contributed by atoms with Crippen LogP contribution < -0.4 is 9.46 Å². The number of anilines is 1. The molecule has 0 fully saturated rings. The molecule has 2 aromatic carbocycles. The van der Waals surface area contributed by atoms with Gasteiger partial charge in [-0.3, -0.25) is 4.72 Å². The van der Waals surface area contributed by atoms with Crippen molar-refractivity contribution in [1.82, 2.24) is 4.31 Å². The maximum absolute atomic E-state index is 12.6. The molecule has 9 heteroatoms. The molecule has 0 saturated carbocycles. The Morgan fingerprint density at radius 2 is 1.54 bits per heavy atom. The van der Waals surface area contributed by atoms with Gasteiger partial charge >= 0.3 is 0 Å². The lowest BCUT2D eigenvalue weighted by Gasteiger charge is -2.19. The summed E-state index contributed by atoms with van der Waals surface area (Å²) in [6, 6.07) is 11.9. The van der Waals surface area contributed by atoms with Crippen LogP contribution in [0.25, 0.3) is 0 Å². The molecule has 0 aliphatic rings. The molecular weight excluding hydrogens is 376 g/mol. The van der Waals surface area contributed by atoms with Gasteiger partial charge in [0.2, 0.25) is 10.0 Å². The van der Waals surface area contributed by atoms with E-state index in [0.29, 0.717) is 13.1 Å². The Kier molecular flexibility index (Phi) is 6.27. The molecule has 0 aliphatic heterocycles. The average molecular weight is 399 g/mol. The van der Waals surface area contributed by atoms with E-state index >= 15 is 0 Å². The minimum absolute atomic E-state index is 0.0423. The Hall–Kier alpha value is -2.10. The Morgan fingerprint density at radius 1 is 0.923 bits per heavy atom. The van der Waals surface area contributed by atoms with Crippen molar-refractivity contribution >= 4 is 25.7 Å². The van der Waals surface area contributed by atoms with Gasteiger partial charge in [0.25, 0.3) is 10.0 Å². The van der Waals surface area contributed by atoms with E-state index < -0.39 is 20.0 Å². The van der Waals surface area contributed by atoms with Crippen molar-refractivity contribution in [3.63, 3.8) is 0 Å². The fourth-order valence-electron chi connectivity index (χ4n) is 2.43. The summed E-state index contributed by atoms with van der Waals surface area (Å²) in [5.74, 6) is 0.123. The lowest BCUT2D eigenvalue weighted by Crippen LogP contribution is -2.30. The smallest absolute Gasteiger partial charge is 0.262 e. The standard InChI is InChI=1S/C17H22N2O5S2/c1-4-19(5-2)26(22,23)15-11-12-16(17(13-15)24-3)18-25(20,21)14-9-7-6-8-10-14/h6-13,18H,4-5H2,1-3H3. The Morgan fingerprint density at radius 3 is 2.08 bits per heavy atom. The summed E-state index contributed by atoms with van der Waals surface area (Å²) < 4.78 is 59.1. The van der Waals surface area contributed by atoms with Gasteiger partial charge in [0.1, 0.15) is 5.75 Å². The third kappa shape index (κ3) is 4.17. The molecule has 0 amide bonds. The van der Waals surface area contributed by atoms with E-state index in [0.717, 1.165) is 0 Å². The monoisotopic (exact) mass is 398 g/mol. The number of hydrogen-bond donors (Lipinski definition) is 1. The Labute approximate surface area is 154 Å². The number of hydrogen-bond acceptors (Lipinski definition) is 5. The van der Waals surface area contributed by atoms with Crippen molar-refractivity contribution in [2.24, 2.45) is 0 Å². The summed E-state index contributed by atoms with van der Waals surface area (Å²) in [6.07, 6.45) is 0. The summed E-state index contributed by atoms with van der Waals surface area (Å²) in [5.41, 5.74) is 0.162. The van der Waals surface area contributed by atoms with E-state index in [1.165, 1.54) is 41.7 Å². The highest BCUT2D eigenvalue weighted by molar-refractivity contribution is 7.92. The first-order valence-corrected chi connectivity index (χ1v) is 10.9. The summed E-state index contributed by atoms with van der Waals surface area (Å²) in [6.45, 7) is 4.17. The van der Waals surface area contributed by atoms with Gasteiger partial charge in [0.05, 0.1) is 22.6 Å². The van der Waals surface area contributed by atoms with Crippen LogP contribution in [0.4, 0.5) is 5.69 Å². The first-order chi connectivity index (χ1) is 12.3. The van der Waals surface area contributed by atoms with Gasteiger partial charge in [0, 0.05) is 19.2 Å². The zero-order valence-electron chi connectivity index (χ0n) is 14.8. The summed E-state index contributed by atoms with van der Waals surface area (Å²) in [5, 5.41) is 0. The fraction of sp³-hybridized carbons (Fsp3) is 0.294. The number of ether oxygens (including phenoxy) is 1. The van der Waals surface area contributed by atoms with Crippen molar-refractivity contribution in [2.75, 3.05) is 24.9 Å². The van der Waals surface area contributed by atoms with Gasteiger partial charge in [-0.25, -0.2) is 16.8 Å². The SMILES string of the molecule is CCN(CC)S(=O)(=O)c1ccc(NS(=O)(=O)c2ccccc2)c(OC)c1. The molecule has 7 nitrogen and oxygen atoms in total. The number of rotatable bonds is 8. The normalized spacial score (nSPS) is 12.2. The van der Waals surface area contributed by atoms with Gasteiger partial charge in [-0.15, -0.1) is 0 Å². The quantitative estimate of drug-likeness (QED) is 0.738. The van der Waals surface area contributed by atoms with Crippen LogP contribution in [0.3, 0.4) is 0 Å². The van der Waals surface area contributed by atoms with Crippen molar-refractivity contribution in [3.05, 3.63) is 48.5 Å². The molecular formula is C17H22N2O5S2. The molecule has 0 aliphatic carbocycles. The predicted molar refractivity (Wildman–Crippen MR) is 100 cm³/mol. The Bertz CT molecular complexity index is 954. The molecule has 2 aromatic rings. The van der Waals surface area contributed by atoms with Crippen LogP contribution in [0, 0.1) is 0 Å². The molecule has 0 saturated heterocycles. The predicted octanol–water partition coefficient (Wildman–Crippen LogP) is 2.53. The molecule has 0 heterocycles. The van der Waals surface area contributed by atoms with Gasteiger partial charge in [-0.1, -0.05) is 32.0 Å². The third-order valence-electron chi connectivity index (χ3n) is 3.81. The van der Waals surface area contributed by atoms with E-state index in [1.807, 2.05) is 0 Å². The lowest BCUT2D eigenvalue weighted by molar-refractivity contribution is 0.414. The maximum atomic E-state index is 12.6. The molecule has 0 bridgehead atoms. The van der Waals surface area contributed by atoms with E-state index in [9.17, 15) is 16.8 Å². The van der Waals surface area contributed by atoms with Gasteiger partial charge in [-0.2, -0.15) is 4.31 Å². The van der Waals surface area contributed by atoms with Crippen LogP contribution in [0.2, 0.25) is 0 Å². The van der Waals surface area contributed by atoms with Gasteiger partial charge in [-0.05, 0) is 24.3 Å². The molecule has 0 unspecified atom stereocenters. The summed E-state index contributed by atoms with van der Waals surface area (Å²) in [7, 11) is -6.13. The van der Waals surface area contributed by atoms with E-state index in [2.05, 4.69) is 4.72 Å². The van der Waals surface area contributed by atoms with Crippen molar-refractivity contribution in [2.45, 2.75) is 23.6 Å². The minimum Gasteiger partial charge on any atom is -0.495 e. The molecule has 26 heavy (non-hydrogen) atoms. The van der Waals surface area contributed by atoms with Crippen LogP contribution in [0.5, 0.6) is 5.75 Å². The van der Waals surface area contributed by atoms with Crippen LogP contribution in [0.1, 0.15) is 13.8 Å². The van der Waals surface area contributed by atoms with E-state index in [-0.39, 0.29) is 21.2 Å². The highest BCUT2D eigenvalue weighted by Gasteiger charge is 2.24. The van der Waals surface area contributed by atoms with Crippen molar-refractivity contribution in [3.8, 4) is 5.75 Å². The van der Waals surface area contributed by atoms with E-state index in [4.69, 9.17) is 4.74 Å². The zero-order chi connectivity index (χ0) is 19.4. The molecule has 142 valence electrons. The van der Waals surface area contributed by atoms with Crippen molar-refractivity contribution in [1.29, 1.82) is 0 Å². The van der Waals surface area contributed by atoms with Crippen LogP contribution in [-0.2, 0) is 20.0 Å². The summed E-state index contributed by atoms with van der Waals surface area (Å²) >= 11 is 0. The topological polar surface area (TPSA) is 92.8 Å². The average Bonchev–Trinajstić information content (AvgIpc) is 2.63. The first-order valence-electron chi connectivity index (χ1n) is 8.02. The Balaban J connectivity index is 2.41. The summed E-state index contributed by atoms with van der Waals surface area (Å²) in [4.78, 5) is 0.141. The highest BCUT2D eigenvalue weighted by atomic mass is 32.2. The number of benzene rings is 2. The van der Waals surface area contributed by atoms with Crippen LogP contribution in [-0.4, -0.2) is 41.3 Å². The van der Waals surface area contributed by atoms with Gasteiger partial charge in [0.15, 0.2) is 0 Å². The number of nitrogens with zero attached hydrogens (tertiary/aromatic N) is 1. The van der Waals surface area contributed by atoms with Gasteiger partial charge < -0.3 is 4.74 Å². The molecule has 0 spiro atoms.